The quantitative estimate of drug-likeness (QED) is 0.691. The van der Waals surface area contributed by atoms with Crippen LogP contribution in [0.5, 0.6) is 0 Å². The van der Waals surface area contributed by atoms with Gasteiger partial charge in [0.25, 0.3) is 0 Å². The molecule has 0 saturated carbocycles. The molecule has 0 aliphatic carbocycles. The number of furan rings is 1. The average Bonchev–Trinajstić information content (AvgIpc) is 2.64. The summed E-state index contributed by atoms with van der Waals surface area (Å²) in [7, 11) is 0. The summed E-state index contributed by atoms with van der Waals surface area (Å²) in [6, 6.07) is 2.15. The standard InChI is InChI=1S/C13H23NO/c1-3-4-5-6-7-8-13(14)12-9-10-15-11(12)2/h9-10,13H,3-8,14H2,1-2H3. The van der Waals surface area contributed by atoms with Crippen LogP contribution >= 0.6 is 0 Å². The van der Waals surface area contributed by atoms with Crippen LogP contribution in [0.2, 0.25) is 0 Å². The normalized spacial score (nSPS) is 13.0. The van der Waals surface area contributed by atoms with Gasteiger partial charge in [0, 0.05) is 11.6 Å². The maximum absolute atomic E-state index is 6.10. The van der Waals surface area contributed by atoms with E-state index in [0.29, 0.717) is 0 Å². The minimum atomic E-state index is 0.158. The van der Waals surface area contributed by atoms with E-state index in [1.165, 1.54) is 37.7 Å². The van der Waals surface area contributed by atoms with Crippen molar-refractivity contribution < 1.29 is 4.42 Å². The third kappa shape index (κ3) is 4.08. The highest BCUT2D eigenvalue weighted by Crippen LogP contribution is 2.21. The van der Waals surface area contributed by atoms with E-state index in [1.807, 2.05) is 13.0 Å². The van der Waals surface area contributed by atoms with E-state index >= 15 is 0 Å². The zero-order valence-corrected chi connectivity index (χ0v) is 9.96. The summed E-state index contributed by atoms with van der Waals surface area (Å²) in [5.41, 5.74) is 7.27. The predicted molar refractivity (Wildman–Crippen MR) is 63.7 cm³/mol. The second kappa shape index (κ2) is 6.67. The first kappa shape index (κ1) is 12.3. The molecule has 15 heavy (non-hydrogen) atoms. The van der Waals surface area contributed by atoms with Crippen LogP contribution in [0.1, 0.15) is 62.8 Å². The van der Waals surface area contributed by atoms with Crippen LogP contribution in [0.3, 0.4) is 0 Å². The molecule has 0 spiro atoms. The zero-order valence-electron chi connectivity index (χ0n) is 9.96. The highest BCUT2D eigenvalue weighted by molar-refractivity contribution is 5.19. The Bertz CT molecular complexity index is 267. The summed E-state index contributed by atoms with van der Waals surface area (Å²) >= 11 is 0. The van der Waals surface area contributed by atoms with Crippen LogP contribution in [0.4, 0.5) is 0 Å². The first-order valence-corrected chi connectivity index (χ1v) is 6.05. The maximum atomic E-state index is 6.10. The summed E-state index contributed by atoms with van der Waals surface area (Å²) in [5.74, 6) is 0.969. The van der Waals surface area contributed by atoms with Crippen LogP contribution in [-0.2, 0) is 0 Å². The molecule has 1 heterocycles. The van der Waals surface area contributed by atoms with Crippen molar-refractivity contribution in [3.8, 4) is 0 Å². The van der Waals surface area contributed by atoms with Crippen LogP contribution in [-0.4, -0.2) is 0 Å². The first-order valence-electron chi connectivity index (χ1n) is 6.05. The summed E-state index contributed by atoms with van der Waals surface area (Å²) in [6.45, 7) is 4.22. The number of aryl methyl sites for hydroxylation is 1. The van der Waals surface area contributed by atoms with Crippen LogP contribution in [0.15, 0.2) is 16.7 Å². The molecule has 86 valence electrons. The van der Waals surface area contributed by atoms with E-state index in [-0.39, 0.29) is 6.04 Å². The Hall–Kier alpha value is -0.760. The number of rotatable bonds is 7. The van der Waals surface area contributed by atoms with Crippen molar-refractivity contribution in [2.75, 3.05) is 0 Å². The lowest BCUT2D eigenvalue weighted by Gasteiger charge is -2.10. The predicted octanol–water partition coefficient (Wildman–Crippen LogP) is 3.95. The molecule has 1 atom stereocenters. The summed E-state index contributed by atoms with van der Waals surface area (Å²) in [4.78, 5) is 0. The van der Waals surface area contributed by atoms with Gasteiger partial charge in [-0.2, -0.15) is 0 Å². The van der Waals surface area contributed by atoms with Crippen molar-refractivity contribution in [1.29, 1.82) is 0 Å². The van der Waals surface area contributed by atoms with E-state index < -0.39 is 0 Å². The van der Waals surface area contributed by atoms with Gasteiger partial charge >= 0.3 is 0 Å². The Labute approximate surface area is 92.9 Å². The van der Waals surface area contributed by atoms with Crippen LogP contribution < -0.4 is 5.73 Å². The lowest BCUT2D eigenvalue weighted by Crippen LogP contribution is -2.10. The maximum Gasteiger partial charge on any atom is 0.105 e. The van der Waals surface area contributed by atoms with Gasteiger partial charge < -0.3 is 10.2 Å². The molecular weight excluding hydrogens is 186 g/mol. The van der Waals surface area contributed by atoms with Gasteiger partial charge in [-0.3, -0.25) is 0 Å². The lowest BCUT2D eigenvalue weighted by molar-refractivity contribution is 0.511. The van der Waals surface area contributed by atoms with Gasteiger partial charge in [0.2, 0.25) is 0 Å². The smallest absolute Gasteiger partial charge is 0.105 e. The second-order valence-corrected chi connectivity index (χ2v) is 4.24. The van der Waals surface area contributed by atoms with Crippen molar-refractivity contribution >= 4 is 0 Å². The van der Waals surface area contributed by atoms with Gasteiger partial charge in [0.15, 0.2) is 0 Å². The number of nitrogens with two attached hydrogens (primary N) is 1. The van der Waals surface area contributed by atoms with E-state index in [9.17, 15) is 0 Å². The van der Waals surface area contributed by atoms with E-state index in [0.717, 1.165) is 12.2 Å². The molecule has 1 aromatic heterocycles. The SMILES string of the molecule is CCCCCCCC(N)c1ccoc1C. The van der Waals surface area contributed by atoms with Crippen LogP contribution in [0, 0.1) is 6.92 Å². The molecule has 2 heteroatoms. The fourth-order valence-corrected chi connectivity index (χ4v) is 1.90. The molecule has 0 aliphatic heterocycles. The average molecular weight is 209 g/mol. The van der Waals surface area contributed by atoms with Gasteiger partial charge in [0.1, 0.15) is 5.76 Å². The molecule has 2 N–H and O–H groups in total. The fraction of sp³-hybridized carbons (Fsp3) is 0.692. The van der Waals surface area contributed by atoms with Gasteiger partial charge in [-0.05, 0) is 19.4 Å². The highest BCUT2D eigenvalue weighted by atomic mass is 16.3. The van der Waals surface area contributed by atoms with Gasteiger partial charge in [-0.15, -0.1) is 0 Å². The van der Waals surface area contributed by atoms with E-state index in [1.54, 1.807) is 6.26 Å². The van der Waals surface area contributed by atoms with Gasteiger partial charge in [0.05, 0.1) is 6.26 Å². The summed E-state index contributed by atoms with van der Waals surface area (Å²) in [6.07, 6.45) is 9.32. The number of hydrogen-bond acceptors (Lipinski definition) is 2. The first-order chi connectivity index (χ1) is 7.25. The topological polar surface area (TPSA) is 39.2 Å². The summed E-state index contributed by atoms with van der Waals surface area (Å²) < 4.78 is 5.25. The Morgan fingerprint density at radius 3 is 2.60 bits per heavy atom. The molecule has 0 aliphatic rings. The van der Waals surface area contributed by atoms with Crippen molar-refractivity contribution in [2.45, 2.75) is 58.4 Å². The molecule has 1 rings (SSSR count). The minimum absolute atomic E-state index is 0.158. The molecule has 0 saturated heterocycles. The molecule has 0 radical (unpaired) electrons. The molecule has 0 bridgehead atoms. The fourth-order valence-electron chi connectivity index (χ4n) is 1.90. The van der Waals surface area contributed by atoms with E-state index in [4.69, 9.17) is 10.2 Å². The Morgan fingerprint density at radius 2 is 2.00 bits per heavy atom. The monoisotopic (exact) mass is 209 g/mol. The Morgan fingerprint density at radius 1 is 1.27 bits per heavy atom. The molecule has 2 nitrogen and oxygen atoms in total. The molecule has 0 fully saturated rings. The largest absolute Gasteiger partial charge is 0.469 e. The Balaban J connectivity index is 2.19. The van der Waals surface area contributed by atoms with Gasteiger partial charge in [-0.25, -0.2) is 0 Å². The molecular formula is C13H23NO. The number of hydrogen-bond donors (Lipinski definition) is 1. The lowest BCUT2D eigenvalue weighted by atomic mass is 10.0. The zero-order chi connectivity index (χ0) is 11.1. The highest BCUT2D eigenvalue weighted by Gasteiger charge is 2.10. The van der Waals surface area contributed by atoms with Crippen LogP contribution in [0.25, 0.3) is 0 Å². The molecule has 1 aromatic rings. The Kier molecular flexibility index (Phi) is 5.48. The van der Waals surface area contributed by atoms with Crippen molar-refractivity contribution in [3.63, 3.8) is 0 Å². The molecule has 0 amide bonds. The van der Waals surface area contributed by atoms with Crippen molar-refractivity contribution in [2.24, 2.45) is 5.73 Å². The number of unbranched alkanes of at least 4 members (excludes halogenated alkanes) is 4. The van der Waals surface area contributed by atoms with E-state index in [2.05, 4.69) is 6.92 Å². The molecule has 0 aromatic carbocycles. The molecule has 1 unspecified atom stereocenters. The summed E-state index contributed by atoms with van der Waals surface area (Å²) in [5, 5.41) is 0. The minimum Gasteiger partial charge on any atom is -0.469 e. The third-order valence-electron chi connectivity index (χ3n) is 2.92. The van der Waals surface area contributed by atoms with Crippen molar-refractivity contribution in [1.82, 2.24) is 0 Å². The van der Waals surface area contributed by atoms with Crippen molar-refractivity contribution in [3.05, 3.63) is 23.7 Å². The third-order valence-corrected chi connectivity index (χ3v) is 2.92. The second-order valence-electron chi connectivity index (χ2n) is 4.24. The van der Waals surface area contributed by atoms with Gasteiger partial charge in [-0.1, -0.05) is 39.0 Å².